The quantitative estimate of drug-likeness (QED) is 0.777. The largest absolute Gasteiger partial charge is 0.258 e. The van der Waals surface area contributed by atoms with Crippen LogP contribution in [0.15, 0.2) is 18.6 Å². The van der Waals surface area contributed by atoms with Gasteiger partial charge in [-0.3, -0.25) is 9.36 Å². The summed E-state index contributed by atoms with van der Waals surface area (Å²) in [7, 11) is 1.84. The van der Waals surface area contributed by atoms with Crippen molar-refractivity contribution < 1.29 is 0 Å². The minimum Gasteiger partial charge on any atom is -0.258 e. The Morgan fingerprint density at radius 1 is 1.33 bits per heavy atom. The highest BCUT2D eigenvalue weighted by Crippen LogP contribution is 2.21. The summed E-state index contributed by atoms with van der Waals surface area (Å²) < 4.78 is 3.42. The Hall–Kier alpha value is -1.36. The molecule has 0 aromatic carbocycles. The minimum atomic E-state index is -0.394. The molecule has 2 aromatic rings. The highest BCUT2D eigenvalue weighted by molar-refractivity contribution is 6.29. The molecule has 0 saturated heterocycles. The lowest BCUT2D eigenvalue weighted by Gasteiger charge is -2.21. The van der Waals surface area contributed by atoms with E-state index < -0.39 is 5.54 Å². The average molecular weight is 226 g/mol. The van der Waals surface area contributed by atoms with Gasteiger partial charge in [0.25, 0.3) is 0 Å². The third-order valence-corrected chi connectivity index (χ3v) is 2.48. The SMILES string of the molecule is Cn1cnc(C(C)(C)n2ccc(Cl)n2)n1. The molecule has 2 rings (SSSR count). The van der Waals surface area contributed by atoms with Crippen LogP contribution in [0.1, 0.15) is 19.7 Å². The second-order valence-corrected chi connectivity index (χ2v) is 4.27. The van der Waals surface area contributed by atoms with Crippen LogP contribution in [0.5, 0.6) is 0 Å². The van der Waals surface area contributed by atoms with Crippen molar-refractivity contribution in [1.82, 2.24) is 24.5 Å². The van der Waals surface area contributed by atoms with E-state index in [1.54, 1.807) is 21.8 Å². The highest BCUT2D eigenvalue weighted by atomic mass is 35.5. The number of hydrogen-bond acceptors (Lipinski definition) is 3. The molecule has 0 spiro atoms. The molecule has 2 aromatic heterocycles. The van der Waals surface area contributed by atoms with Crippen molar-refractivity contribution in [3.8, 4) is 0 Å². The van der Waals surface area contributed by atoms with Gasteiger partial charge in [-0.25, -0.2) is 4.98 Å². The fraction of sp³-hybridized carbons (Fsp3) is 0.444. The number of aromatic nitrogens is 5. The van der Waals surface area contributed by atoms with Crippen LogP contribution in [0.2, 0.25) is 5.15 Å². The van der Waals surface area contributed by atoms with Crippen molar-refractivity contribution in [3.63, 3.8) is 0 Å². The molecule has 5 nitrogen and oxygen atoms in total. The highest BCUT2D eigenvalue weighted by Gasteiger charge is 2.27. The van der Waals surface area contributed by atoms with Crippen molar-refractivity contribution in [2.45, 2.75) is 19.4 Å². The van der Waals surface area contributed by atoms with Crippen LogP contribution >= 0.6 is 11.6 Å². The molecule has 0 radical (unpaired) electrons. The van der Waals surface area contributed by atoms with Gasteiger partial charge >= 0.3 is 0 Å². The minimum absolute atomic E-state index is 0.394. The Balaban J connectivity index is 2.42. The van der Waals surface area contributed by atoms with Gasteiger partial charge in [0.15, 0.2) is 11.0 Å². The number of rotatable bonds is 2. The standard InChI is InChI=1S/C9H12ClN5/c1-9(2,8-11-6-14(3)13-8)15-5-4-7(10)12-15/h4-6H,1-3H3. The van der Waals surface area contributed by atoms with E-state index in [1.807, 2.05) is 27.1 Å². The zero-order valence-electron chi connectivity index (χ0n) is 8.85. The monoisotopic (exact) mass is 225 g/mol. The van der Waals surface area contributed by atoms with Gasteiger partial charge in [0.1, 0.15) is 11.9 Å². The van der Waals surface area contributed by atoms with Gasteiger partial charge in [-0.2, -0.15) is 10.2 Å². The Labute approximate surface area is 92.7 Å². The summed E-state index contributed by atoms with van der Waals surface area (Å²) in [6.07, 6.45) is 3.49. The maximum Gasteiger partial charge on any atom is 0.177 e. The summed E-state index contributed by atoms with van der Waals surface area (Å²) in [5, 5.41) is 8.90. The molecule has 0 saturated carbocycles. The molecular weight excluding hydrogens is 214 g/mol. The van der Waals surface area contributed by atoms with Gasteiger partial charge in [-0.1, -0.05) is 11.6 Å². The third-order valence-electron chi connectivity index (χ3n) is 2.28. The van der Waals surface area contributed by atoms with Crippen molar-refractivity contribution in [3.05, 3.63) is 29.6 Å². The second-order valence-electron chi connectivity index (χ2n) is 3.88. The molecule has 0 aliphatic carbocycles. The van der Waals surface area contributed by atoms with Crippen LogP contribution in [-0.4, -0.2) is 24.5 Å². The number of aryl methyl sites for hydroxylation is 1. The number of halogens is 1. The Morgan fingerprint density at radius 3 is 2.53 bits per heavy atom. The van der Waals surface area contributed by atoms with E-state index in [2.05, 4.69) is 15.2 Å². The summed E-state index contributed by atoms with van der Waals surface area (Å²) in [5.74, 6) is 0.713. The molecule has 6 heteroatoms. The van der Waals surface area contributed by atoms with Gasteiger partial charge in [-0.05, 0) is 19.9 Å². The lowest BCUT2D eigenvalue weighted by molar-refractivity contribution is 0.367. The molecule has 0 aliphatic rings. The van der Waals surface area contributed by atoms with Gasteiger partial charge in [0, 0.05) is 13.2 Å². The molecule has 0 unspecified atom stereocenters. The molecule has 0 fully saturated rings. The first-order valence-electron chi connectivity index (χ1n) is 4.58. The Bertz CT molecular complexity index is 428. The van der Waals surface area contributed by atoms with E-state index in [0.29, 0.717) is 11.0 Å². The normalized spacial score (nSPS) is 12.0. The van der Waals surface area contributed by atoms with Crippen molar-refractivity contribution in [2.24, 2.45) is 7.05 Å². The van der Waals surface area contributed by atoms with Crippen LogP contribution in [0.3, 0.4) is 0 Å². The topological polar surface area (TPSA) is 48.5 Å². The lowest BCUT2D eigenvalue weighted by atomic mass is 10.1. The van der Waals surface area contributed by atoms with E-state index in [0.717, 1.165) is 0 Å². The average Bonchev–Trinajstić information content (AvgIpc) is 2.74. The van der Waals surface area contributed by atoms with E-state index in [9.17, 15) is 0 Å². The zero-order chi connectivity index (χ0) is 11.1. The van der Waals surface area contributed by atoms with Crippen LogP contribution in [0.4, 0.5) is 0 Å². The third kappa shape index (κ3) is 1.74. The Morgan fingerprint density at radius 2 is 2.07 bits per heavy atom. The zero-order valence-corrected chi connectivity index (χ0v) is 9.60. The van der Waals surface area contributed by atoms with Crippen molar-refractivity contribution in [1.29, 1.82) is 0 Å². The van der Waals surface area contributed by atoms with Crippen molar-refractivity contribution in [2.75, 3.05) is 0 Å². The molecule has 15 heavy (non-hydrogen) atoms. The lowest BCUT2D eigenvalue weighted by Crippen LogP contribution is -2.29. The maximum absolute atomic E-state index is 5.78. The fourth-order valence-electron chi connectivity index (χ4n) is 1.34. The summed E-state index contributed by atoms with van der Waals surface area (Å²) in [6, 6.07) is 1.74. The van der Waals surface area contributed by atoms with Crippen LogP contribution in [0, 0.1) is 0 Å². The smallest absolute Gasteiger partial charge is 0.177 e. The predicted molar refractivity (Wildman–Crippen MR) is 56.7 cm³/mol. The molecule has 0 N–H and O–H groups in total. The molecule has 0 bridgehead atoms. The van der Waals surface area contributed by atoms with E-state index in [1.165, 1.54) is 0 Å². The summed E-state index contributed by atoms with van der Waals surface area (Å²) in [5.41, 5.74) is -0.394. The first kappa shape index (κ1) is 10.2. The van der Waals surface area contributed by atoms with Gasteiger partial charge in [-0.15, -0.1) is 0 Å². The van der Waals surface area contributed by atoms with E-state index in [4.69, 9.17) is 11.6 Å². The molecule has 80 valence electrons. The summed E-state index contributed by atoms with van der Waals surface area (Å²) in [4.78, 5) is 4.22. The fourth-order valence-corrected chi connectivity index (χ4v) is 1.47. The predicted octanol–water partition coefficient (Wildman–Crippen LogP) is 1.45. The second kappa shape index (κ2) is 3.34. The molecule has 0 atom stereocenters. The summed E-state index contributed by atoms with van der Waals surface area (Å²) >= 11 is 5.78. The molecule has 2 heterocycles. The van der Waals surface area contributed by atoms with Gasteiger partial charge in [0.05, 0.1) is 0 Å². The number of hydrogen-bond donors (Lipinski definition) is 0. The Kier molecular flexibility index (Phi) is 2.26. The summed E-state index contributed by atoms with van der Waals surface area (Å²) in [6.45, 7) is 3.98. The van der Waals surface area contributed by atoms with Gasteiger partial charge in [0.2, 0.25) is 0 Å². The van der Waals surface area contributed by atoms with Gasteiger partial charge < -0.3 is 0 Å². The number of nitrogens with zero attached hydrogens (tertiary/aromatic N) is 5. The molecular formula is C9H12ClN5. The molecule has 0 aliphatic heterocycles. The van der Waals surface area contributed by atoms with E-state index >= 15 is 0 Å². The van der Waals surface area contributed by atoms with Crippen LogP contribution < -0.4 is 0 Å². The van der Waals surface area contributed by atoms with E-state index in [-0.39, 0.29) is 0 Å². The first-order chi connectivity index (χ1) is 7.00. The van der Waals surface area contributed by atoms with Crippen molar-refractivity contribution >= 4 is 11.6 Å². The maximum atomic E-state index is 5.78. The first-order valence-corrected chi connectivity index (χ1v) is 4.96. The van der Waals surface area contributed by atoms with Crippen LogP contribution in [0.25, 0.3) is 0 Å². The molecule has 0 amide bonds. The van der Waals surface area contributed by atoms with Crippen LogP contribution in [-0.2, 0) is 12.6 Å².